The van der Waals surface area contributed by atoms with E-state index in [0.717, 1.165) is 19.3 Å². The Bertz CT molecular complexity index is 383. The Hall–Kier alpha value is -0.830. The molecule has 3 atom stereocenters. The Morgan fingerprint density at radius 1 is 1.62 bits per heavy atom. The molecule has 0 aliphatic heterocycles. The molecule has 3 heteroatoms. The Morgan fingerprint density at radius 2 is 2.38 bits per heavy atom. The monoisotopic (exact) mass is 238 g/mol. The molecule has 2 rings (SSSR count). The van der Waals surface area contributed by atoms with Gasteiger partial charge in [-0.1, -0.05) is 13.8 Å². The van der Waals surface area contributed by atoms with E-state index in [1.165, 1.54) is 9.75 Å². The van der Waals surface area contributed by atoms with Gasteiger partial charge in [0.25, 0.3) is 0 Å². The fraction of sp³-hybridized carbons (Fsp3) is 0.615. The van der Waals surface area contributed by atoms with Gasteiger partial charge in [0.1, 0.15) is 0 Å². The lowest BCUT2D eigenvalue weighted by Crippen LogP contribution is -2.01. The van der Waals surface area contributed by atoms with Gasteiger partial charge in [-0.2, -0.15) is 0 Å². The molecule has 0 spiro atoms. The average molecular weight is 238 g/mol. The molecule has 0 radical (unpaired) electrons. The number of carboxylic acids is 1. The SMILES string of the molecule is CCc1ccc(C(C)CC2CC2C(=O)O)s1. The molecule has 0 bridgehead atoms. The summed E-state index contributed by atoms with van der Waals surface area (Å²) in [6.07, 6.45) is 3.00. The lowest BCUT2D eigenvalue weighted by molar-refractivity contribution is -0.138. The molecule has 1 saturated carbocycles. The summed E-state index contributed by atoms with van der Waals surface area (Å²) in [5.74, 6) is 0.255. The van der Waals surface area contributed by atoms with E-state index in [1.54, 1.807) is 0 Å². The number of thiophene rings is 1. The summed E-state index contributed by atoms with van der Waals surface area (Å²) < 4.78 is 0. The molecule has 0 amide bonds. The summed E-state index contributed by atoms with van der Waals surface area (Å²) in [6, 6.07) is 4.39. The predicted octanol–water partition coefficient (Wildman–Crippen LogP) is 3.52. The van der Waals surface area contributed by atoms with Crippen LogP contribution in [-0.4, -0.2) is 11.1 Å². The van der Waals surface area contributed by atoms with Crippen LogP contribution in [0.3, 0.4) is 0 Å². The van der Waals surface area contributed by atoms with Crippen molar-refractivity contribution in [2.45, 2.75) is 39.0 Å². The van der Waals surface area contributed by atoms with Gasteiger partial charge in [0.2, 0.25) is 0 Å². The number of aliphatic carboxylic acids is 1. The zero-order valence-corrected chi connectivity index (χ0v) is 10.6. The third-order valence-electron chi connectivity index (χ3n) is 3.41. The van der Waals surface area contributed by atoms with Crippen molar-refractivity contribution in [2.75, 3.05) is 0 Å². The first kappa shape index (κ1) is 11.6. The molecular formula is C13H18O2S. The first-order valence-electron chi connectivity index (χ1n) is 5.93. The van der Waals surface area contributed by atoms with Crippen LogP contribution in [-0.2, 0) is 11.2 Å². The van der Waals surface area contributed by atoms with Crippen LogP contribution in [0.25, 0.3) is 0 Å². The van der Waals surface area contributed by atoms with Crippen LogP contribution in [0.1, 0.15) is 42.4 Å². The van der Waals surface area contributed by atoms with E-state index in [1.807, 2.05) is 11.3 Å². The van der Waals surface area contributed by atoms with Crippen molar-refractivity contribution >= 4 is 17.3 Å². The standard InChI is InChI=1S/C13H18O2S/c1-3-10-4-5-12(16-10)8(2)6-9-7-11(9)13(14)15/h4-5,8-9,11H,3,6-7H2,1-2H3,(H,14,15). The normalized spacial score (nSPS) is 25.4. The highest BCUT2D eigenvalue weighted by Gasteiger charge is 2.43. The van der Waals surface area contributed by atoms with Gasteiger partial charge in [-0.25, -0.2) is 0 Å². The van der Waals surface area contributed by atoms with Gasteiger partial charge >= 0.3 is 5.97 Å². The fourth-order valence-corrected chi connectivity index (χ4v) is 3.25. The molecule has 0 saturated heterocycles. The van der Waals surface area contributed by atoms with Gasteiger partial charge in [0.05, 0.1) is 5.92 Å². The first-order chi connectivity index (χ1) is 7.61. The average Bonchev–Trinajstić information content (AvgIpc) is 2.85. The van der Waals surface area contributed by atoms with E-state index in [9.17, 15) is 4.79 Å². The summed E-state index contributed by atoms with van der Waals surface area (Å²) in [5, 5.41) is 8.85. The Labute approximate surface area is 100 Å². The lowest BCUT2D eigenvalue weighted by atomic mass is 10.0. The van der Waals surface area contributed by atoms with E-state index in [2.05, 4.69) is 26.0 Å². The zero-order valence-electron chi connectivity index (χ0n) is 9.77. The quantitative estimate of drug-likeness (QED) is 0.852. The lowest BCUT2D eigenvalue weighted by Gasteiger charge is -2.07. The molecule has 2 nitrogen and oxygen atoms in total. The Morgan fingerprint density at radius 3 is 2.88 bits per heavy atom. The molecule has 1 heterocycles. The predicted molar refractivity (Wildman–Crippen MR) is 66.0 cm³/mol. The largest absolute Gasteiger partial charge is 0.481 e. The molecular weight excluding hydrogens is 220 g/mol. The highest BCUT2D eigenvalue weighted by Crippen LogP contribution is 2.45. The van der Waals surface area contributed by atoms with Crippen molar-refractivity contribution in [1.29, 1.82) is 0 Å². The fourth-order valence-electron chi connectivity index (χ4n) is 2.23. The van der Waals surface area contributed by atoms with Crippen molar-refractivity contribution < 1.29 is 9.90 Å². The molecule has 16 heavy (non-hydrogen) atoms. The number of hydrogen-bond acceptors (Lipinski definition) is 2. The van der Waals surface area contributed by atoms with E-state index < -0.39 is 5.97 Å². The summed E-state index contributed by atoms with van der Waals surface area (Å²) >= 11 is 1.87. The zero-order chi connectivity index (χ0) is 11.7. The maximum atomic E-state index is 10.7. The van der Waals surface area contributed by atoms with Crippen molar-refractivity contribution in [1.82, 2.24) is 0 Å². The number of carbonyl (C=O) groups is 1. The number of carboxylic acid groups (broad SMARTS) is 1. The van der Waals surface area contributed by atoms with Crippen LogP contribution in [0.4, 0.5) is 0 Å². The van der Waals surface area contributed by atoms with E-state index in [0.29, 0.717) is 11.8 Å². The highest BCUT2D eigenvalue weighted by atomic mass is 32.1. The van der Waals surface area contributed by atoms with Gasteiger partial charge < -0.3 is 5.11 Å². The Kier molecular flexibility index (Phi) is 3.33. The minimum absolute atomic E-state index is 0.0620. The topological polar surface area (TPSA) is 37.3 Å². The van der Waals surface area contributed by atoms with Crippen LogP contribution in [0.5, 0.6) is 0 Å². The summed E-state index contributed by atoms with van der Waals surface area (Å²) in [7, 11) is 0. The van der Waals surface area contributed by atoms with Gasteiger partial charge in [0, 0.05) is 9.75 Å². The molecule has 1 aliphatic carbocycles. The van der Waals surface area contributed by atoms with Crippen LogP contribution in [0.2, 0.25) is 0 Å². The van der Waals surface area contributed by atoms with Crippen molar-refractivity contribution in [3.63, 3.8) is 0 Å². The highest BCUT2D eigenvalue weighted by molar-refractivity contribution is 7.12. The van der Waals surface area contributed by atoms with Gasteiger partial charge in [-0.05, 0) is 43.2 Å². The van der Waals surface area contributed by atoms with Gasteiger partial charge in [-0.15, -0.1) is 11.3 Å². The van der Waals surface area contributed by atoms with Crippen molar-refractivity contribution in [2.24, 2.45) is 11.8 Å². The summed E-state index contributed by atoms with van der Waals surface area (Å²) in [6.45, 7) is 4.38. The second-order valence-corrected chi connectivity index (χ2v) is 5.93. The summed E-state index contributed by atoms with van der Waals surface area (Å²) in [4.78, 5) is 13.6. The first-order valence-corrected chi connectivity index (χ1v) is 6.74. The second kappa shape index (κ2) is 4.58. The van der Waals surface area contributed by atoms with Crippen molar-refractivity contribution in [3.05, 3.63) is 21.9 Å². The molecule has 88 valence electrons. The van der Waals surface area contributed by atoms with Crippen LogP contribution >= 0.6 is 11.3 Å². The smallest absolute Gasteiger partial charge is 0.306 e. The maximum absolute atomic E-state index is 10.7. The third-order valence-corrected chi connectivity index (χ3v) is 4.87. The number of aryl methyl sites for hydroxylation is 1. The van der Waals surface area contributed by atoms with Crippen LogP contribution in [0.15, 0.2) is 12.1 Å². The van der Waals surface area contributed by atoms with E-state index in [-0.39, 0.29) is 5.92 Å². The number of rotatable bonds is 5. The molecule has 1 fully saturated rings. The van der Waals surface area contributed by atoms with Crippen LogP contribution in [0, 0.1) is 11.8 Å². The van der Waals surface area contributed by atoms with Gasteiger partial charge in [-0.3, -0.25) is 4.79 Å². The molecule has 1 aliphatic rings. The molecule has 1 N–H and O–H groups in total. The van der Waals surface area contributed by atoms with Gasteiger partial charge in [0.15, 0.2) is 0 Å². The van der Waals surface area contributed by atoms with E-state index in [4.69, 9.17) is 5.11 Å². The molecule has 1 aromatic heterocycles. The minimum atomic E-state index is -0.613. The number of hydrogen-bond donors (Lipinski definition) is 1. The second-order valence-electron chi connectivity index (χ2n) is 4.73. The maximum Gasteiger partial charge on any atom is 0.306 e. The molecule has 3 unspecified atom stereocenters. The molecule has 1 aromatic rings. The van der Waals surface area contributed by atoms with E-state index >= 15 is 0 Å². The van der Waals surface area contributed by atoms with Crippen LogP contribution < -0.4 is 0 Å². The summed E-state index contributed by atoms with van der Waals surface area (Å²) in [5.41, 5.74) is 0. The molecule has 0 aromatic carbocycles. The third kappa shape index (κ3) is 2.46. The minimum Gasteiger partial charge on any atom is -0.481 e. The van der Waals surface area contributed by atoms with Crippen molar-refractivity contribution in [3.8, 4) is 0 Å². The Balaban J connectivity index is 1.89.